The van der Waals surface area contributed by atoms with Crippen molar-refractivity contribution in [1.82, 2.24) is 14.6 Å². The zero-order valence-electron chi connectivity index (χ0n) is 14.6. The summed E-state index contributed by atoms with van der Waals surface area (Å²) in [5, 5.41) is 6.67. The van der Waals surface area contributed by atoms with E-state index >= 15 is 0 Å². The van der Waals surface area contributed by atoms with Crippen LogP contribution in [-0.4, -0.2) is 21.4 Å². The van der Waals surface area contributed by atoms with Crippen LogP contribution in [0.3, 0.4) is 0 Å². The Labute approximate surface area is 158 Å². The largest absolute Gasteiger partial charge is 0.339 e. The number of carbonyl (C=O) groups excluding carboxylic acids is 1. The van der Waals surface area contributed by atoms with Crippen LogP contribution in [0.25, 0.3) is 11.0 Å². The van der Waals surface area contributed by atoms with Crippen molar-refractivity contribution in [2.24, 2.45) is 19.2 Å². The van der Waals surface area contributed by atoms with Gasteiger partial charge in [0.05, 0.1) is 17.2 Å². The number of fused-ring (bicyclic) bond motifs is 1. The summed E-state index contributed by atoms with van der Waals surface area (Å²) in [5.41, 5.74) is 6.46. The molecular weight excluding hydrogens is 398 g/mol. The highest BCUT2D eigenvalue weighted by atomic mass is 79.9. The molecule has 26 heavy (non-hydrogen) atoms. The van der Waals surface area contributed by atoms with Gasteiger partial charge in [0.2, 0.25) is 0 Å². The van der Waals surface area contributed by atoms with Gasteiger partial charge >= 0.3 is 11.7 Å². The number of aryl methyl sites for hydroxylation is 3. The molecule has 0 bridgehead atoms. The molecule has 2 aromatic carbocycles. The molecule has 0 atom stereocenters. The van der Waals surface area contributed by atoms with Gasteiger partial charge in [-0.15, -0.1) is 0 Å². The fourth-order valence-electron chi connectivity index (χ4n) is 2.65. The summed E-state index contributed by atoms with van der Waals surface area (Å²) in [6.45, 7) is 1.94. The van der Waals surface area contributed by atoms with Crippen molar-refractivity contribution in [1.29, 1.82) is 0 Å². The summed E-state index contributed by atoms with van der Waals surface area (Å²) in [4.78, 5) is 23.9. The normalized spacial score (nSPS) is 11.2. The predicted molar refractivity (Wildman–Crippen MR) is 107 cm³/mol. The van der Waals surface area contributed by atoms with E-state index in [-0.39, 0.29) is 5.69 Å². The summed E-state index contributed by atoms with van der Waals surface area (Å²) in [6, 6.07) is 10.6. The van der Waals surface area contributed by atoms with Gasteiger partial charge < -0.3 is 5.32 Å². The lowest BCUT2D eigenvalue weighted by atomic mass is 10.2. The third-order valence-corrected chi connectivity index (χ3v) is 4.98. The molecule has 0 saturated carbocycles. The molecule has 1 heterocycles. The summed E-state index contributed by atoms with van der Waals surface area (Å²) in [6.07, 6.45) is 1.53. The number of aromatic nitrogens is 2. The third kappa shape index (κ3) is 3.55. The van der Waals surface area contributed by atoms with Crippen LogP contribution in [0.4, 0.5) is 10.5 Å². The number of nitrogens with one attached hydrogen (secondary N) is 2. The first-order valence-electron chi connectivity index (χ1n) is 7.88. The maximum Gasteiger partial charge on any atom is 0.339 e. The highest BCUT2D eigenvalue weighted by molar-refractivity contribution is 9.10. The van der Waals surface area contributed by atoms with E-state index in [1.165, 1.54) is 6.21 Å². The number of nitrogens with zero attached hydrogens (tertiary/aromatic N) is 3. The number of hydrazone groups is 1. The molecule has 0 radical (unpaired) electrons. The maximum atomic E-state index is 11.9. The van der Waals surface area contributed by atoms with Crippen molar-refractivity contribution in [2.75, 3.05) is 5.32 Å². The summed E-state index contributed by atoms with van der Waals surface area (Å²) in [7, 11) is 3.45. The van der Waals surface area contributed by atoms with Crippen LogP contribution < -0.4 is 16.4 Å². The van der Waals surface area contributed by atoms with E-state index in [0.717, 1.165) is 26.6 Å². The highest BCUT2D eigenvalue weighted by Gasteiger charge is 2.07. The molecule has 3 aromatic rings. The molecule has 8 heteroatoms. The number of urea groups is 1. The van der Waals surface area contributed by atoms with Crippen LogP contribution in [0.5, 0.6) is 0 Å². The topological polar surface area (TPSA) is 80.4 Å². The number of amides is 2. The minimum absolute atomic E-state index is 0.0867. The molecule has 0 unspecified atom stereocenters. The molecule has 1 aromatic heterocycles. The van der Waals surface area contributed by atoms with Crippen LogP contribution in [0.15, 0.2) is 50.8 Å². The van der Waals surface area contributed by atoms with E-state index in [1.807, 2.05) is 37.3 Å². The average Bonchev–Trinajstić information content (AvgIpc) is 2.82. The zero-order valence-corrected chi connectivity index (χ0v) is 16.2. The molecule has 2 N–H and O–H groups in total. The van der Waals surface area contributed by atoms with Crippen molar-refractivity contribution in [3.63, 3.8) is 0 Å². The Kier molecular flexibility index (Phi) is 4.94. The molecule has 0 aliphatic heterocycles. The summed E-state index contributed by atoms with van der Waals surface area (Å²) >= 11 is 3.42. The van der Waals surface area contributed by atoms with Crippen molar-refractivity contribution < 1.29 is 4.79 Å². The Morgan fingerprint density at radius 3 is 2.58 bits per heavy atom. The SMILES string of the molecule is Cc1cc(NC(=O)N/N=C/c2ccc3c(c2)n(C)c(=O)n3C)ccc1Br. The molecule has 0 spiro atoms. The van der Waals surface area contributed by atoms with E-state index in [0.29, 0.717) is 5.69 Å². The van der Waals surface area contributed by atoms with E-state index < -0.39 is 6.03 Å². The molecular formula is C18H18BrN5O2. The molecule has 0 aliphatic carbocycles. The highest BCUT2D eigenvalue weighted by Crippen LogP contribution is 2.19. The van der Waals surface area contributed by atoms with E-state index in [1.54, 1.807) is 29.3 Å². The fourth-order valence-corrected chi connectivity index (χ4v) is 2.90. The third-order valence-electron chi connectivity index (χ3n) is 4.09. The average molecular weight is 416 g/mol. The second kappa shape index (κ2) is 7.17. The number of hydrogen-bond acceptors (Lipinski definition) is 3. The maximum absolute atomic E-state index is 11.9. The monoisotopic (exact) mass is 415 g/mol. The lowest BCUT2D eigenvalue weighted by molar-refractivity contribution is 0.252. The lowest BCUT2D eigenvalue weighted by Gasteiger charge is -2.06. The minimum Gasteiger partial charge on any atom is -0.307 e. The molecule has 2 amide bonds. The van der Waals surface area contributed by atoms with Crippen molar-refractivity contribution in [2.45, 2.75) is 6.92 Å². The Morgan fingerprint density at radius 2 is 1.85 bits per heavy atom. The quantitative estimate of drug-likeness (QED) is 0.508. The van der Waals surface area contributed by atoms with Gasteiger partial charge in [0.25, 0.3) is 0 Å². The van der Waals surface area contributed by atoms with Gasteiger partial charge in [0.1, 0.15) is 0 Å². The Balaban J connectivity index is 1.69. The standard InChI is InChI=1S/C18H18BrN5O2/c1-11-8-13(5-6-14(11)19)21-17(25)22-20-10-12-4-7-15-16(9-12)24(3)18(26)23(15)2/h4-10H,1-3H3,(H2,21,22,25)/b20-10+. The zero-order chi connectivity index (χ0) is 18.8. The van der Waals surface area contributed by atoms with Crippen LogP contribution in [0.2, 0.25) is 0 Å². The summed E-state index contributed by atoms with van der Waals surface area (Å²) in [5.74, 6) is 0. The number of rotatable bonds is 3. The molecule has 0 saturated heterocycles. The van der Waals surface area contributed by atoms with Gasteiger partial charge in [-0.1, -0.05) is 22.0 Å². The van der Waals surface area contributed by atoms with E-state index in [2.05, 4.69) is 31.8 Å². The first-order chi connectivity index (χ1) is 12.4. The number of imidazole rings is 1. The number of carbonyl (C=O) groups is 1. The van der Waals surface area contributed by atoms with Crippen LogP contribution in [0, 0.1) is 6.92 Å². The first-order valence-corrected chi connectivity index (χ1v) is 8.68. The van der Waals surface area contributed by atoms with Gasteiger partial charge in [-0.2, -0.15) is 5.10 Å². The molecule has 0 aliphatic rings. The van der Waals surface area contributed by atoms with E-state index in [4.69, 9.17) is 0 Å². The lowest BCUT2D eigenvalue weighted by Crippen LogP contribution is -2.24. The molecule has 0 fully saturated rings. The number of hydrogen-bond donors (Lipinski definition) is 2. The Bertz CT molecular complexity index is 1080. The summed E-state index contributed by atoms with van der Waals surface area (Å²) < 4.78 is 4.14. The van der Waals surface area contributed by atoms with Gasteiger partial charge in [-0.3, -0.25) is 9.13 Å². The van der Waals surface area contributed by atoms with Gasteiger partial charge in [-0.05, 0) is 48.4 Å². The second-order valence-corrected chi connectivity index (χ2v) is 6.79. The molecule has 3 rings (SSSR count). The first kappa shape index (κ1) is 17.9. The van der Waals surface area contributed by atoms with Crippen molar-refractivity contribution in [3.05, 3.63) is 62.5 Å². The van der Waals surface area contributed by atoms with Gasteiger partial charge in [0.15, 0.2) is 0 Å². The predicted octanol–water partition coefficient (Wildman–Crippen LogP) is 3.10. The Hall–Kier alpha value is -2.87. The number of benzene rings is 2. The van der Waals surface area contributed by atoms with E-state index in [9.17, 15) is 9.59 Å². The van der Waals surface area contributed by atoms with Crippen LogP contribution >= 0.6 is 15.9 Å². The van der Waals surface area contributed by atoms with Crippen molar-refractivity contribution in [3.8, 4) is 0 Å². The van der Waals surface area contributed by atoms with Crippen LogP contribution in [0.1, 0.15) is 11.1 Å². The van der Waals surface area contributed by atoms with Gasteiger partial charge in [0, 0.05) is 24.3 Å². The van der Waals surface area contributed by atoms with Crippen molar-refractivity contribution >= 4 is 44.9 Å². The Morgan fingerprint density at radius 1 is 1.12 bits per heavy atom. The molecule has 7 nitrogen and oxygen atoms in total. The number of halogens is 1. The molecule has 134 valence electrons. The van der Waals surface area contributed by atoms with Gasteiger partial charge in [-0.25, -0.2) is 15.0 Å². The number of anilines is 1. The van der Waals surface area contributed by atoms with Crippen LogP contribution in [-0.2, 0) is 14.1 Å². The smallest absolute Gasteiger partial charge is 0.307 e. The minimum atomic E-state index is -0.434. The second-order valence-electron chi connectivity index (χ2n) is 5.94. The fraction of sp³-hybridized carbons (Fsp3) is 0.167.